The number of carbonyl (C=O) groups excluding carboxylic acids is 1. The Morgan fingerprint density at radius 2 is 2.22 bits per heavy atom. The molecular formula is C12H21N3O3. The second-order valence-electron chi connectivity index (χ2n) is 4.30. The van der Waals surface area contributed by atoms with Gasteiger partial charge in [0.25, 0.3) is 5.91 Å². The van der Waals surface area contributed by atoms with Crippen LogP contribution in [-0.4, -0.2) is 47.2 Å². The molecule has 0 fully saturated rings. The van der Waals surface area contributed by atoms with Gasteiger partial charge in [0.1, 0.15) is 0 Å². The largest absolute Gasteiger partial charge is 0.394 e. The summed E-state index contributed by atoms with van der Waals surface area (Å²) in [5.41, 5.74) is 2.08. The second-order valence-corrected chi connectivity index (χ2v) is 4.30. The lowest BCUT2D eigenvalue weighted by atomic mass is 10.1. The Kier molecular flexibility index (Phi) is 5.30. The number of nitrogens with one attached hydrogen (secondary N) is 1. The Labute approximate surface area is 107 Å². The lowest BCUT2D eigenvalue weighted by Gasteiger charge is -2.15. The average molecular weight is 255 g/mol. The molecule has 1 amide bonds. The van der Waals surface area contributed by atoms with E-state index in [1.165, 1.54) is 0 Å². The average Bonchev–Trinajstić information content (AvgIpc) is 2.58. The molecule has 6 heteroatoms. The first-order chi connectivity index (χ1) is 8.51. The van der Waals surface area contributed by atoms with Gasteiger partial charge in [0.05, 0.1) is 23.9 Å². The van der Waals surface area contributed by atoms with Crippen molar-refractivity contribution in [1.29, 1.82) is 0 Å². The second kappa shape index (κ2) is 6.51. The molecular weight excluding hydrogens is 234 g/mol. The van der Waals surface area contributed by atoms with Crippen LogP contribution < -0.4 is 5.32 Å². The van der Waals surface area contributed by atoms with Crippen LogP contribution in [0.5, 0.6) is 0 Å². The molecule has 0 bridgehead atoms. The van der Waals surface area contributed by atoms with Gasteiger partial charge in [-0.2, -0.15) is 5.10 Å². The van der Waals surface area contributed by atoms with E-state index in [1.807, 2.05) is 6.92 Å². The minimum atomic E-state index is -0.295. The minimum Gasteiger partial charge on any atom is -0.394 e. The van der Waals surface area contributed by atoms with Crippen LogP contribution in [0.3, 0.4) is 0 Å². The van der Waals surface area contributed by atoms with Gasteiger partial charge in [-0.3, -0.25) is 9.48 Å². The highest BCUT2D eigenvalue weighted by atomic mass is 16.5. The van der Waals surface area contributed by atoms with E-state index in [4.69, 9.17) is 4.74 Å². The molecule has 102 valence electrons. The van der Waals surface area contributed by atoms with E-state index < -0.39 is 0 Å². The van der Waals surface area contributed by atoms with E-state index in [9.17, 15) is 9.90 Å². The first-order valence-corrected chi connectivity index (χ1v) is 5.92. The third-order valence-corrected chi connectivity index (χ3v) is 2.96. The number of ether oxygens (including phenoxy) is 1. The van der Waals surface area contributed by atoms with Crippen molar-refractivity contribution in [2.24, 2.45) is 7.05 Å². The Morgan fingerprint density at radius 1 is 1.56 bits per heavy atom. The molecule has 0 spiro atoms. The summed E-state index contributed by atoms with van der Waals surface area (Å²) >= 11 is 0. The summed E-state index contributed by atoms with van der Waals surface area (Å²) in [4.78, 5) is 12.1. The van der Waals surface area contributed by atoms with Crippen molar-refractivity contribution in [3.05, 3.63) is 17.0 Å². The maximum atomic E-state index is 12.1. The molecule has 18 heavy (non-hydrogen) atoms. The molecule has 0 radical (unpaired) electrons. The zero-order valence-electron chi connectivity index (χ0n) is 11.4. The Bertz CT molecular complexity index is 415. The summed E-state index contributed by atoms with van der Waals surface area (Å²) in [5, 5.41) is 16.2. The fourth-order valence-electron chi connectivity index (χ4n) is 1.83. The number of nitrogens with zero attached hydrogens (tertiary/aromatic N) is 2. The van der Waals surface area contributed by atoms with Crippen LogP contribution in [0.1, 0.15) is 28.2 Å². The van der Waals surface area contributed by atoms with Crippen molar-refractivity contribution < 1.29 is 14.6 Å². The summed E-state index contributed by atoms with van der Waals surface area (Å²) in [6, 6.07) is -0.295. The Hall–Kier alpha value is -1.40. The predicted octanol–water partition coefficient (Wildman–Crippen LogP) is 0.164. The molecule has 1 aromatic heterocycles. The molecule has 0 aliphatic rings. The van der Waals surface area contributed by atoms with E-state index in [-0.39, 0.29) is 18.6 Å². The summed E-state index contributed by atoms with van der Waals surface area (Å²) in [6.07, 6.45) is 0.580. The van der Waals surface area contributed by atoms with Gasteiger partial charge in [-0.05, 0) is 20.3 Å². The van der Waals surface area contributed by atoms with E-state index >= 15 is 0 Å². The first kappa shape index (κ1) is 14.7. The number of aryl methyl sites for hydroxylation is 2. The lowest BCUT2D eigenvalue weighted by molar-refractivity contribution is 0.0893. The van der Waals surface area contributed by atoms with Gasteiger partial charge in [0.15, 0.2) is 0 Å². The van der Waals surface area contributed by atoms with Crippen molar-refractivity contribution in [1.82, 2.24) is 15.1 Å². The monoisotopic (exact) mass is 255 g/mol. The molecule has 0 saturated carbocycles. The number of amides is 1. The molecule has 1 atom stereocenters. The Morgan fingerprint density at radius 3 is 2.67 bits per heavy atom. The zero-order chi connectivity index (χ0) is 13.7. The number of hydrogen-bond donors (Lipinski definition) is 2. The van der Waals surface area contributed by atoms with Gasteiger partial charge in [0, 0.05) is 26.5 Å². The van der Waals surface area contributed by atoms with Crippen LogP contribution in [0, 0.1) is 13.8 Å². The minimum absolute atomic E-state index is 0.104. The summed E-state index contributed by atoms with van der Waals surface area (Å²) < 4.78 is 6.61. The number of carbonyl (C=O) groups is 1. The van der Waals surface area contributed by atoms with Crippen LogP contribution in [0.2, 0.25) is 0 Å². The van der Waals surface area contributed by atoms with Gasteiger partial charge in [-0.1, -0.05) is 0 Å². The summed E-state index contributed by atoms with van der Waals surface area (Å²) in [7, 11) is 3.39. The quantitative estimate of drug-likeness (QED) is 0.759. The van der Waals surface area contributed by atoms with Crippen LogP contribution in [0.25, 0.3) is 0 Å². The van der Waals surface area contributed by atoms with Gasteiger partial charge in [-0.15, -0.1) is 0 Å². The highest BCUT2D eigenvalue weighted by Gasteiger charge is 2.19. The fourth-order valence-corrected chi connectivity index (χ4v) is 1.83. The van der Waals surface area contributed by atoms with Crippen LogP contribution in [0.15, 0.2) is 0 Å². The molecule has 1 heterocycles. The van der Waals surface area contributed by atoms with Crippen molar-refractivity contribution in [2.75, 3.05) is 20.3 Å². The van der Waals surface area contributed by atoms with Crippen LogP contribution in [0.4, 0.5) is 0 Å². The van der Waals surface area contributed by atoms with Crippen molar-refractivity contribution >= 4 is 5.91 Å². The SMILES string of the molecule is COCCC(CO)NC(=O)c1c(C)nn(C)c1C. The third-order valence-electron chi connectivity index (χ3n) is 2.96. The topological polar surface area (TPSA) is 76.4 Å². The van der Waals surface area contributed by atoms with Gasteiger partial charge in [0.2, 0.25) is 0 Å². The lowest BCUT2D eigenvalue weighted by Crippen LogP contribution is -2.38. The predicted molar refractivity (Wildman–Crippen MR) is 67.5 cm³/mol. The molecule has 1 rings (SSSR count). The molecule has 0 saturated heterocycles. The summed E-state index contributed by atoms with van der Waals surface area (Å²) in [5.74, 6) is -0.201. The normalized spacial score (nSPS) is 12.5. The zero-order valence-corrected chi connectivity index (χ0v) is 11.4. The van der Waals surface area contributed by atoms with E-state index in [0.717, 1.165) is 5.69 Å². The number of aromatic nitrogens is 2. The van der Waals surface area contributed by atoms with Gasteiger partial charge >= 0.3 is 0 Å². The third kappa shape index (κ3) is 3.30. The van der Waals surface area contributed by atoms with Crippen molar-refractivity contribution in [2.45, 2.75) is 26.3 Å². The first-order valence-electron chi connectivity index (χ1n) is 5.92. The van der Waals surface area contributed by atoms with Gasteiger partial charge in [-0.25, -0.2) is 0 Å². The van der Waals surface area contributed by atoms with E-state index in [1.54, 1.807) is 25.8 Å². The number of aliphatic hydroxyl groups excluding tert-OH is 1. The number of aliphatic hydroxyl groups is 1. The number of hydrogen-bond acceptors (Lipinski definition) is 4. The number of methoxy groups -OCH3 is 1. The summed E-state index contributed by atoms with van der Waals surface area (Å²) in [6.45, 7) is 4.03. The van der Waals surface area contributed by atoms with E-state index in [0.29, 0.717) is 24.3 Å². The molecule has 2 N–H and O–H groups in total. The van der Waals surface area contributed by atoms with Gasteiger partial charge < -0.3 is 15.2 Å². The standard InChI is InChI=1S/C12H21N3O3/c1-8-11(9(2)15(3)14-8)12(17)13-10(7-16)5-6-18-4/h10,16H,5-7H2,1-4H3,(H,13,17). The van der Waals surface area contributed by atoms with Crippen molar-refractivity contribution in [3.8, 4) is 0 Å². The highest BCUT2D eigenvalue weighted by molar-refractivity contribution is 5.96. The smallest absolute Gasteiger partial charge is 0.255 e. The molecule has 0 aliphatic carbocycles. The maximum Gasteiger partial charge on any atom is 0.255 e. The number of rotatable bonds is 6. The van der Waals surface area contributed by atoms with Crippen LogP contribution in [-0.2, 0) is 11.8 Å². The maximum absolute atomic E-state index is 12.1. The highest BCUT2D eigenvalue weighted by Crippen LogP contribution is 2.12. The molecule has 1 aromatic rings. The molecule has 0 aromatic carbocycles. The van der Waals surface area contributed by atoms with Crippen molar-refractivity contribution in [3.63, 3.8) is 0 Å². The Balaban J connectivity index is 2.74. The molecule has 1 unspecified atom stereocenters. The molecule has 0 aliphatic heterocycles. The fraction of sp³-hybridized carbons (Fsp3) is 0.667. The van der Waals surface area contributed by atoms with Crippen LogP contribution >= 0.6 is 0 Å². The van der Waals surface area contributed by atoms with E-state index in [2.05, 4.69) is 10.4 Å². The molecule has 6 nitrogen and oxygen atoms in total.